The first-order chi connectivity index (χ1) is 10.2. The van der Waals surface area contributed by atoms with Gasteiger partial charge in [-0.15, -0.1) is 0 Å². The average molecular weight is 284 g/mol. The van der Waals surface area contributed by atoms with Crippen molar-refractivity contribution in [1.29, 1.82) is 0 Å². The number of hydrogen-bond acceptors (Lipinski definition) is 3. The van der Waals surface area contributed by atoms with Crippen LogP contribution in [0.4, 0.5) is 0 Å². The molecule has 3 rings (SSSR count). The highest BCUT2D eigenvalue weighted by Gasteiger charge is 2.23. The zero-order valence-electron chi connectivity index (χ0n) is 12.7. The maximum absolute atomic E-state index is 6.05. The van der Waals surface area contributed by atoms with E-state index in [4.69, 9.17) is 5.73 Å². The predicted octanol–water partition coefficient (Wildman–Crippen LogP) is 2.74. The third-order valence-corrected chi connectivity index (χ3v) is 4.29. The van der Waals surface area contributed by atoms with Crippen molar-refractivity contribution >= 4 is 0 Å². The second kappa shape index (κ2) is 6.41. The van der Waals surface area contributed by atoms with E-state index in [1.54, 1.807) is 0 Å². The fraction of sp³-hybridized carbons (Fsp3) is 0.471. The van der Waals surface area contributed by atoms with E-state index >= 15 is 0 Å². The molecule has 2 aromatic rings. The molecule has 1 aromatic heterocycles. The van der Waals surface area contributed by atoms with Crippen molar-refractivity contribution in [3.63, 3.8) is 0 Å². The van der Waals surface area contributed by atoms with Crippen molar-refractivity contribution in [3.05, 3.63) is 54.1 Å². The summed E-state index contributed by atoms with van der Waals surface area (Å²) in [5.41, 5.74) is 8.58. The average Bonchev–Trinajstić information content (AvgIpc) is 2.98. The zero-order chi connectivity index (χ0) is 14.7. The quantitative estimate of drug-likeness (QED) is 0.939. The molecule has 0 aliphatic carbocycles. The van der Waals surface area contributed by atoms with Gasteiger partial charge < -0.3 is 10.3 Å². The van der Waals surface area contributed by atoms with E-state index < -0.39 is 0 Å². The molecule has 2 heterocycles. The summed E-state index contributed by atoms with van der Waals surface area (Å²) in [6.45, 7) is 5.30. The van der Waals surface area contributed by atoms with Crippen LogP contribution in [0.1, 0.15) is 43.1 Å². The second-order valence-electron chi connectivity index (χ2n) is 6.03. The van der Waals surface area contributed by atoms with Crippen LogP contribution >= 0.6 is 0 Å². The third-order valence-electron chi connectivity index (χ3n) is 4.29. The summed E-state index contributed by atoms with van der Waals surface area (Å²) in [6, 6.07) is 11.2. The zero-order valence-corrected chi connectivity index (χ0v) is 12.7. The Morgan fingerprint density at radius 1 is 1.33 bits per heavy atom. The standard InChI is InChI=1S/C17H24N4/c1-14(18)17-10-19-13-21(17)16-8-5-9-20(12-16)11-15-6-3-2-4-7-15/h2-4,6-7,10,13-14,16H,5,8-9,11-12,18H2,1H3/t14-,16?/m0/s1. The smallest absolute Gasteiger partial charge is 0.0951 e. The largest absolute Gasteiger partial charge is 0.329 e. The van der Waals surface area contributed by atoms with Crippen LogP contribution in [0.3, 0.4) is 0 Å². The van der Waals surface area contributed by atoms with Crippen LogP contribution in [-0.4, -0.2) is 27.5 Å². The van der Waals surface area contributed by atoms with E-state index in [9.17, 15) is 0 Å². The summed E-state index contributed by atoms with van der Waals surface area (Å²) in [4.78, 5) is 6.83. The van der Waals surface area contributed by atoms with Gasteiger partial charge in [-0.3, -0.25) is 4.90 Å². The SMILES string of the molecule is C[C@H](N)c1cncn1C1CCCN(Cc2ccccc2)C1. The van der Waals surface area contributed by atoms with Crippen LogP contribution in [0.5, 0.6) is 0 Å². The van der Waals surface area contributed by atoms with Crippen LogP contribution < -0.4 is 5.73 Å². The van der Waals surface area contributed by atoms with E-state index in [1.807, 2.05) is 19.4 Å². The third kappa shape index (κ3) is 3.34. The van der Waals surface area contributed by atoms with Gasteiger partial charge in [0.25, 0.3) is 0 Å². The van der Waals surface area contributed by atoms with Crippen LogP contribution in [0, 0.1) is 0 Å². The summed E-state index contributed by atoms with van der Waals surface area (Å²) < 4.78 is 2.28. The van der Waals surface area contributed by atoms with Gasteiger partial charge in [0, 0.05) is 31.4 Å². The van der Waals surface area contributed by atoms with Gasteiger partial charge in [0.05, 0.1) is 12.0 Å². The Balaban J connectivity index is 1.69. The van der Waals surface area contributed by atoms with Gasteiger partial charge in [-0.05, 0) is 31.9 Å². The van der Waals surface area contributed by atoms with E-state index in [1.165, 1.54) is 24.9 Å². The lowest BCUT2D eigenvalue weighted by Crippen LogP contribution is -2.36. The number of likely N-dealkylation sites (tertiary alicyclic amines) is 1. The molecule has 4 nitrogen and oxygen atoms in total. The highest BCUT2D eigenvalue weighted by atomic mass is 15.2. The number of aromatic nitrogens is 2. The Morgan fingerprint density at radius 3 is 2.90 bits per heavy atom. The fourth-order valence-electron chi connectivity index (χ4n) is 3.22. The maximum atomic E-state index is 6.05. The van der Waals surface area contributed by atoms with Gasteiger partial charge in [0.1, 0.15) is 0 Å². The minimum Gasteiger partial charge on any atom is -0.329 e. The molecule has 1 fully saturated rings. The molecule has 112 valence electrons. The van der Waals surface area contributed by atoms with Gasteiger partial charge in [-0.2, -0.15) is 0 Å². The summed E-state index contributed by atoms with van der Waals surface area (Å²) in [5, 5.41) is 0. The number of hydrogen-bond donors (Lipinski definition) is 1. The topological polar surface area (TPSA) is 47.1 Å². The van der Waals surface area contributed by atoms with Crippen molar-refractivity contribution in [2.24, 2.45) is 5.73 Å². The number of piperidine rings is 1. The van der Waals surface area contributed by atoms with Gasteiger partial charge in [0.15, 0.2) is 0 Å². The number of benzene rings is 1. The second-order valence-corrected chi connectivity index (χ2v) is 6.03. The van der Waals surface area contributed by atoms with Gasteiger partial charge in [-0.25, -0.2) is 4.98 Å². The van der Waals surface area contributed by atoms with E-state index in [0.717, 1.165) is 18.8 Å². The van der Waals surface area contributed by atoms with Crippen molar-refractivity contribution < 1.29 is 0 Å². The van der Waals surface area contributed by atoms with Crippen LogP contribution in [-0.2, 0) is 6.54 Å². The fourth-order valence-corrected chi connectivity index (χ4v) is 3.22. The molecule has 0 bridgehead atoms. The molecule has 21 heavy (non-hydrogen) atoms. The normalized spacial score (nSPS) is 21.3. The minimum absolute atomic E-state index is 0.0389. The summed E-state index contributed by atoms with van der Waals surface area (Å²) >= 11 is 0. The Hall–Kier alpha value is -1.65. The molecule has 1 unspecified atom stereocenters. The first-order valence-electron chi connectivity index (χ1n) is 7.77. The molecule has 1 aromatic carbocycles. The van der Waals surface area contributed by atoms with E-state index in [-0.39, 0.29) is 6.04 Å². The van der Waals surface area contributed by atoms with Crippen molar-refractivity contribution in [2.75, 3.05) is 13.1 Å². The molecular weight excluding hydrogens is 260 g/mol. The highest BCUT2D eigenvalue weighted by Crippen LogP contribution is 2.25. The lowest BCUT2D eigenvalue weighted by atomic mass is 10.0. The summed E-state index contributed by atoms with van der Waals surface area (Å²) in [5.74, 6) is 0. The molecule has 1 aliphatic heterocycles. The molecule has 1 saturated heterocycles. The lowest BCUT2D eigenvalue weighted by Gasteiger charge is -2.34. The number of rotatable bonds is 4. The van der Waals surface area contributed by atoms with Gasteiger partial charge in [0.2, 0.25) is 0 Å². The van der Waals surface area contributed by atoms with Gasteiger partial charge >= 0.3 is 0 Å². The van der Waals surface area contributed by atoms with Gasteiger partial charge in [-0.1, -0.05) is 30.3 Å². The molecule has 0 amide bonds. The predicted molar refractivity (Wildman–Crippen MR) is 84.8 cm³/mol. The maximum Gasteiger partial charge on any atom is 0.0951 e. The van der Waals surface area contributed by atoms with Crippen LogP contribution in [0.15, 0.2) is 42.9 Å². The minimum atomic E-state index is 0.0389. The number of imidazole rings is 1. The Morgan fingerprint density at radius 2 is 2.14 bits per heavy atom. The Labute approximate surface area is 126 Å². The molecule has 2 atom stereocenters. The first-order valence-corrected chi connectivity index (χ1v) is 7.77. The highest BCUT2D eigenvalue weighted by molar-refractivity contribution is 5.14. The Bertz CT molecular complexity index is 561. The number of nitrogens with two attached hydrogens (primary N) is 1. The molecule has 1 aliphatic rings. The van der Waals surface area contributed by atoms with Crippen LogP contribution in [0.2, 0.25) is 0 Å². The Kier molecular flexibility index (Phi) is 4.36. The monoisotopic (exact) mass is 284 g/mol. The number of nitrogens with zero attached hydrogens (tertiary/aromatic N) is 3. The molecular formula is C17H24N4. The molecule has 2 N–H and O–H groups in total. The summed E-state index contributed by atoms with van der Waals surface area (Å²) in [6.07, 6.45) is 6.28. The molecule has 4 heteroatoms. The lowest BCUT2D eigenvalue weighted by molar-refractivity contribution is 0.168. The van der Waals surface area contributed by atoms with E-state index in [0.29, 0.717) is 6.04 Å². The molecule has 0 saturated carbocycles. The van der Waals surface area contributed by atoms with Crippen LogP contribution in [0.25, 0.3) is 0 Å². The molecule has 0 radical (unpaired) electrons. The van der Waals surface area contributed by atoms with E-state index in [2.05, 4.69) is 44.8 Å². The van der Waals surface area contributed by atoms with Crippen molar-refractivity contribution in [2.45, 2.75) is 38.4 Å². The van der Waals surface area contributed by atoms with Crippen molar-refractivity contribution in [1.82, 2.24) is 14.5 Å². The van der Waals surface area contributed by atoms with Crippen molar-refractivity contribution in [3.8, 4) is 0 Å². The first kappa shape index (κ1) is 14.3. The summed E-state index contributed by atoms with van der Waals surface area (Å²) in [7, 11) is 0. The molecule has 0 spiro atoms.